The monoisotopic (exact) mass is 377 g/mol. The first-order valence-corrected chi connectivity index (χ1v) is 8.46. The number of non-ortho nitro benzene ring substituents is 1. The van der Waals surface area contributed by atoms with E-state index in [1.807, 2.05) is 6.07 Å². The molecular weight excluding hydrogens is 366 g/mol. The summed E-state index contributed by atoms with van der Waals surface area (Å²) < 4.78 is 10.8. The van der Waals surface area contributed by atoms with Crippen molar-refractivity contribution in [3.63, 3.8) is 0 Å². The summed E-state index contributed by atoms with van der Waals surface area (Å²) in [5.74, 6) is 1.31. The molecule has 1 aromatic heterocycles. The predicted octanol–water partition coefficient (Wildman–Crippen LogP) is 4.60. The third-order valence-corrected chi connectivity index (χ3v) is 4.41. The number of aromatic nitrogens is 2. The Bertz CT molecular complexity index is 916. The number of ether oxygens (including phenoxy) is 1. The highest BCUT2D eigenvalue weighted by molar-refractivity contribution is 7.98. The summed E-state index contributed by atoms with van der Waals surface area (Å²) in [7, 11) is 1.51. The summed E-state index contributed by atoms with van der Waals surface area (Å²) in [6.07, 6.45) is 0. The van der Waals surface area contributed by atoms with Crippen molar-refractivity contribution < 1.29 is 14.1 Å². The molecule has 0 atom stereocenters. The van der Waals surface area contributed by atoms with Crippen LogP contribution < -0.4 is 4.74 Å². The van der Waals surface area contributed by atoms with Gasteiger partial charge in [-0.15, -0.1) is 10.2 Å². The van der Waals surface area contributed by atoms with Crippen molar-refractivity contribution in [3.8, 4) is 17.2 Å². The zero-order valence-electron chi connectivity index (χ0n) is 13.0. The minimum absolute atomic E-state index is 0.00143. The molecule has 0 aliphatic rings. The summed E-state index contributed by atoms with van der Waals surface area (Å²) in [5.41, 5.74) is 1.39. The number of hydrogen-bond acceptors (Lipinski definition) is 7. The van der Waals surface area contributed by atoms with Crippen LogP contribution in [0, 0.1) is 10.1 Å². The average molecular weight is 378 g/mol. The summed E-state index contributed by atoms with van der Waals surface area (Å²) in [4.78, 5) is 10.5. The minimum atomic E-state index is -0.447. The second kappa shape index (κ2) is 7.54. The van der Waals surface area contributed by atoms with Crippen molar-refractivity contribution in [1.82, 2.24) is 10.2 Å². The van der Waals surface area contributed by atoms with Gasteiger partial charge in [-0.05, 0) is 24.3 Å². The lowest BCUT2D eigenvalue weighted by atomic mass is 10.2. The van der Waals surface area contributed by atoms with E-state index in [0.29, 0.717) is 33.2 Å². The van der Waals surface area contributed by atoms with E-state index in [1.165, 1.54) is 31.0 Å². The Morgan fingerprint density at radius 3 is 2.84 bits per heavy atom. The van der Waals surface area contributed by atoms with Crippen molar-refractivity contribution in [2.24, 2.45) is 0 Å². The number of rotatable bonds is 6. The van der Waals surface area contributed by atoms with Crippen LogP contribution in [0.5, 0.6) is 5.75 Å². The highest BCUT2D eigenvalue weighted by Gasteiger charge is 2.14. The van der Waals surface area contributed by atoms with Crippen molar-refractivity contribution in [2.45, 2.75) is 11.0 Å². The molecular formula is C16H12ClN3O4S. The van der Waals surface area contributed by atoms with Crippen LogP contribution in [0.2, 0.25) is 5.02 Å². The van der Waals surface area contributed by atoms with E-state index >= 15 is 0 Å². The molecule has 0 N–H and O–H groups in total. The van der Waals surface area contributed by atoms with E-state index in [-0.39, 0.29) is 5.69 Å². The molecule has 0 unspecified atom stereocenters. The Morgan fingerprint density at radius 1 is 1.28 bits per heavy atom. The Hall–Kier alpha value is -2.58. The Balaban J connectivity index is 1.76. The van der Waals surface area contributed by atoms with Crippen LogP contribution >= 0.6 is 23.4 Å². The van der Waals surface area contributed by atoms with E-state index in [0.717, 1.165) is 5.56 Å². The number of nitrogens with zero attached hydrogens (tertiary/aromatic N) is 3. The molecule has 0 aliphatic carbocycles. The lowest BCUT2D eigenvalue weighted by Gasteiger charge is -2.06. The van der Waals surface area contributed by atoms with Gasteiger partial charge in [0.25, 0.3) is 10.9 Å². The van der Waals surface area contributed by atoms with Crippen LogP contribution in [-0.4, -0.2) is 22.2 Å². The van der Waals surface area contributed by atoms with Crippen LogP contribution in [0.25, 0.3) is 11.5 Å². The Labute approximate surface area is 152 Å². The van der Waals surface area contributed by atoms with Gasteiger partial charge in [0, 0.05) is 34.0 Å². The number of nitro groups is 1. The molecule has 0 bridgehead atoms. The average Bonchev–Trinajstić information content (AvgIpc) is 3.08. The van der Waals surface area contributed by atoms with Gasteiger partial charge in [0.05, 0.1) is 12.0 Å². The molecule has 0 saturated heterocycles. The summed E-state index contributed by atoms with van der Waals surface area (Å²) >= 11 is 7.22. The zero-order valence-corrected chi connectivity index (χ0v) is 14.6. The highest BCUT2D eigenvalue weighted by Crippen LogP contribution is 2.31. The first kappa shape index (κ1) is 17.2. The molecule has 1 heterocycles. The number of halogens is 1. The standard InChI is InChI=1S/C16H12ClN3O4S/c1-23-14-6-5-13(20(21)22)8-11(14)9-25-16-19-18-15(24-16)10-3-2-4-12(17)7-10/h2-8H,9H2,1H3. The maximum absolute atomic E-state index is 10.9. The van der Waals surface area contributed by atoms with Crippen LogP contribution in [0.4, 0.5) is 5.69 Å². The molecule has 0 saturated carbocycles. The smallest absolute Gasteiger partial charge is 0.277 e. The molecule has 2 aromatic carbocycles. The van der Waals surface area contributed by atoms with Gasteiger partial charge < -0.3 is 9.15 Å². The predicted molar refractivity (Wildman–Crippen MR) is 94.0 cm³/mol. The van der Waals surface area contributed by atoms with Gasteiger partial charge in [-0.2, -0.15) is 0 Å². The van der Waals surface area contributed by atoms with Crippen molar-refractivity contribution >= 4 is 29.1 Å². The maximum atomic E-state index is 10.9. The molecule has 0 fully saturated rings. The van der Waals surface area contributed by atoms with Gasteiger partial charge >= 0.3 is 0 Å². The fourth-order valence-corrected chi connectivity index (χ4v) is 3.07. The molecule has 0 amide bonds. The number of methoxy groups -OCH3 is 1. The Kier molecular flexibility index (Phi) is 5.20. The summed E-state index contributed by atoms with van der Waals surface area (Å²) in [6, 6.07) is 11.5. The van der Waals surface area contributed by atoms with Crippen molar-refractivity contribution in [1.29, 1.82) is 0 Å². The van der Waals surface area contributed by atoms with Crippen LogP contribution in [-0.2, 0) is 5.75 Å². The van der Waals surface area contributed by atoms with E-state index < -0.39 is 4.92 Å². The number of hydrogen-bond donors (Lipinski definition) is 0. The van der Waals surface area contributed by atoms with Gasteiger partial charge in [-0.25, -0.2) is 0 Å². The molecule has 25 heavy (non-hydrogen) atoms. The van der Waals surface area contributed by atoms with Gasteiger partial charge in [-0.3, -0.25) is 10.1 Å². The molecule has 0 spiro atoms. The van der Waals surface area contributed by atoms with Gasteiger partial charge in [0.2, 0.25) is 5.89 Å². The molecule has 7 nitrogen and oxygen atoms in total. The molecule has 3 rings (SSSR count). The fraction of sp³-hybridized carbons (Fsp3) is 0.125. The second-order valence-corrected chi connectivity index (χ2v) is 6.29. The highest BCUT2D eigenvalue weighted by atomic mass is 35.5. The first-order valence-electron chi connectivity index (χ1n) is 7.10. The lowest BCUT2D eigenvalue weighted by molar-refractivity contribution is -0.384. The minimum Gasteiger partial charge on any atom is -0.496 e. The largest absolute Gasteiger partial charge is 0.496 e. The molecule has 0 aliphatic heterocycles. The summed E-state index contributed by atoms with van der Waals surface area (Å²) in [6.45, 7) is 0. The Morgan fingerprint density at radius 2 is 2.12 bits per heavy atom. The third-order valence-electron chi connectivity index (χ3n) is 3.30. The molecule has 3 aromatic rings. The van der Waals surface area contributed by atoms with Crippen LogP contribution in [0.3, 0.4) is 0 Å². The lowest BCUT2D eigenvalue weighted by Crippen LogP contribution is -1.94. The van der Waals surface area contributed by atoms with Gasteiger partial charge in [0.15, 0.2) is 0 Å². The topological polar surface area (TPSA) is 91.3 Å². The molecule has 0 radical (unpaired) electrons. The van der Waals surface area contributed by atoms with Crippen LogP contribution in [0.1, 0.15) is 5.56 Å². The first-order chi connectivity index (χ1) is 12.1. The third kappa shape index (κ3) is 4.09. The van der Waals surface area contributed by atoms with E-state index in [2.05, 4.69) is 10.2 Å². The van der Waals surface area contributed by atoms with Gasteiger partial charge in [0.1, 0.15) is 5.75 Å². The zero-order chi connectivity index (χ0) is 17.8. The SMILES string of the molecule is COc1ccc([N+](=O)[O-])cc1CSc1nnc(-c2cccc(Cl)c2)o1. The van der Waals surface area contributed by atoms with Crippen molar-refractivity contribution in [3.05, 3.63) is 63.2 Å². The normalized spacial score (nSPS) is 10.6. The van der Waals surface area contributed by atoms with E-state index in [9.17, 15) is 10.1 Å². The van der Waals surface area contributed by atoms with E-state index in [1.54, 1.807) is 24.3 Å². The number of thioether (sulfide) groups is 1. The fourth-order valence-electron chi connectivity index (χ4n) is 2.14. The molecule has 128 valence electrons. The van der Waals surface area contributed by atoms with E-state index in [4.69, 9.17) is 20.8 Å². The molecule has 9 heteroatoms. The number of nitro benzene ring substituents is 1. The van der Waals surface area contributed by atoms with Crippen molar-refractivity contribution in [2.75, 3.05) is 7.11 Å². The number of benzene rings is 2. The summed E-state index contributed by atoms with van der Waals surface area (Å²) in [5, 5.41) is 19.8. The maximum Gasteiger partial charge on any atom is 0.277 e. The second-order valence-electron chi connectivity index (χ2n) is 4.93. The quantitative estimate of drug-likeness (QED) is 0.352. The van der Waals surface area contributed by atoms with Gasteiger partial charge in [-0.1, -0.05) is 29.4 Å². The van der Waals surface area contributed by atoms with Crippen LogP contribution in [0.15, 0.2) is 52.1 Å².